The van der Waals surface area contributed by atoms with E-state index in [0.29, 0.717) is 12.1 Å². The third kappa shape index (κ3) is 8.13. The number of piperidine rings is 1. The fraction of sp³-hybridized carbons (Fsp3) is 0.750. The molecule has 0 radical (unpaired) electrons. The van der Waals surface area contributed by atoms with Gasteiger partial charge in [-0.25, -0.2) is 4.98 Å². The molecule has 1 aromatic rings. The molecule has 0 bridgehead atoms. The summed E-state index contributed by atoms with van der Waals surface area (Å²) >= 11 is 0. The molecule has 2 N–H and O–H groups in total. The van der Waals surface area contributed by atoms with Gasteiger partial charge in [0.1, 0.15) is 5.82 Å². The predicted molar refractivity (Wildman–Crippen MR) is 125 cm³/mol. The van der Waals surface area contributed by atoms with Crippen LogP contribution in [0, 0.1) is 0 Å². The van der Waals surface area contributed by atoms with E-state index in [-0.39, 0.29) is 0 Å². The molecule has 2 aliphatic rings. The molecule has 1 saturated carbocycles. The lowest BCUT2D eigenvalue weighted by Crippen LogP contribution is -2.49. The lowest BCUT2D eigenvalue weighted by Gasteiger charge is -2.33. The van der Waals surface area contributed by atoms with Crippen molar-refractivity contribution in [1.29, 1.82) is 0 Å². The first-order chi connectivity index (χ1) is 14.8. The second-order valence-corrected chi connectivity index (χ2v) is 8.55. The summed E-state index contributed by atoms with van der Waals surface area (Å²) in [5.41, 5.74) is 0. The van der Waals surface area contributed by atoms with E-state index in [1.54, 1.807) is 0 Å². The molecule has 3 rings (SSSR count). The minimum atomic E-state index is 0.473. The summed E-state index contributed by atoms with van der Waals surface area (Å²) in [4.78, 5) is 11.6. The summed E-state index contributed by atoms with van der Waals surface area (Å²) in [6, 6.07) is 6.60. The lowest BCUT2D eigenvalue weighted by molar-refractivity contribution is 0.0413. The van der Waals surface area contributed by atoms with E-state index in [9.17, 15) is 0 Å². The molecule has 0 atom stereocenters. The summed E-state index contributed by atoms with van der Waals surface area (Å²) in [6.07, 6.45) is 14.7. The van der Waals surface area contributed by atoms with Gasteiger partial charge in [-0.2, -0.15) is 0 Å². The van der Waals surface area contributed by atoms with Crippen LogP contribution < -0.4 is 15.5 Å². The Bertz CT molecular complexity index is 593. The monoisotopic (exact) mass is 415 g/mol. The highest BCUT2D eigenvalue weighted by Crippen LogP contribution is 2.20. The van der Waals surface area contributed by atoms with Crippen molar-refractivity contribution in [2.45, 2.75) is 83.3 Å². The van der Waals surface area contributed by atoms with Gasteiger partial charge in [-0.15, -0.1) is 0 Å². The third-order valence-corrected chi connectivity index (χ3v) is 6.13. The first-order valence-corrected chi connectivity index (χ1v) is 12.2. The van der Waals surface area contributed by atoms with Gasteiger partial charge in [-0.3, -0.25) is 4.99 Å². The highest BCUT2D eigenvalue weighted by molar-refractivity contribution is 5.80. The molecule has 1 aliphatic carbocycles. The number of anilines is 1. The summed E-state index contributed by atoms with van der Waals surface area (Å²) in [5.74, 6) is 2.04. The Kier molecular flexibility index (Phi) is 10.3. The molecule has 1 aliphatic heterocycles. The average Bonchev–Trinajstić information content (AvgIpc) is 3.06. The Morgan fingerprint density at radius 1 is 1.10 bits per heavy atom. The number of pyridine rings is 1. The number of hydrogen-bond acceptors (Lipinski definition) is 4. The Morgan fingerprint density at radius 3 is 2.60 bits per heavy atom. The Morgan fingerprint density at radius 2 is 1.90 bits per heavy atom. The fourth-order valence-electron chi connectivity index (χ4n) is 4.37. The number of rotatable bonds is 9. The van der Waals surface area contributed by atoms with E-state index < -0.39 is 0 Å². The Labute approximate surface area is 182 Å². The van der Waals surface area contributed by atoms with E-state index >= 15 is 0 Å². The largest absolute Gasteiger partial charge is 0.378 e. The highest BCUT2D eigenvalue weighted by Gasteiger charge is 2.20. The standard InChI is InChI=1S/C24H41N5O/c1-2-25-24(27-17-9-10-20-30-22-11-5-3-4-6-12-22)28-21-14-18-29(19-15-21)23-13-7-8-16-26-23/h7-8,13,16,21-22H,2-6,9-12,14-15,17-20H2,1H3,(H2,25,27,28). The first kappa shape index (κ1) is 22.9. The number of hydrogen-bond donors (Lipinski definition) is 2. The normalized spacial score (nSPS) is 19.5. The maximum atomic E-state index is 6.10. The van der Waals surface area contributed by atoms with E-state index in [2.05, 4.69) is 39.6 Å². The number of guanidine groups is 1. The minimum absolute atomic E-state index is 0.473. The van der Waals surface area contributed by atoms with Crippen molar-refractivity contribution in [2.24, 2.45) is 4.99 Å². The van der Waals surface area contributed by atoms with Crippen LogP contribution in [-0.4, -0.2) is 55.9 Å². The van der Waals surface area contributed by atoms with Gasteiger partial charge in [-0.05, 0) is 57.6 Å². The van der Waals surface area contributed by atoms with Crippen LogP contribution in [-0.2, 0) is 4.74 Å². The second-order valence-electron chi connectivity index (χ2n) is 8.55. The molecule has 0 spiro atoms. The molecular weight excluding hydrogens is 374 g/mol. The topological polar surface area (TPSA) is 61.8 Å². The van der Waals surface area contributed by atoms with Crippen molar-refractivity contribution in [3.05, 3.63) is 24.4 Å². The SMILES string of the molecule is CCNC(=NCCCCOC1CCCCCC1)NC1CCN(c2ccccn2)CC1. The summed E-state index contributed by atoms with van der Waals surface area (Å²) in [5, 5.41) is 7.04. The highest BCUT2D eigenvalue weighted by atomic mass is 16.5. The molecule has 0 unspecified atom stereocenters. The second kappa shape index (κ2) is 13.5. The van der Waals surface area contributed by atoms with Crippen LogP contribution >= 0.6 is 0 Å². The first-order valence-electron chi connectivity index (χ1n) is 12.2. The molecule has 1 saturated heterocycles. The fourth-order valence-corrected chi connectivity index (χ4v) is 4.37. The van der Waals surface area contributed by atoms with Crippen LogP contribution in [0.25, 0.3) is 0 Å². The van der Waals surface area contributed by atoms with Crippen molar-refractivity contribution in [2.75, 3.05) is 37.7 Å². The number of aliphatic imine (C=N–C) groups is 1. The molecule has 6 nitrogen and oxygen atoms in total. The zero-order chi connectivity index (χ0) is 20.9. The van der Waals surface area contributed by atoms with Gasteiger partial charge in [0.15, 0.2) is 5.96 Å². The summed E-state index contributed by atoms with van der Waals surface area (Å²) < 4.78 is 6.10. The number of aromatic nitrogens is 1. The Hall–Kier alpha value is -1.82. The third-order valence-electron chi connectivity index (χ3n) is 6.13. The van der Waals surface area contributed by atoms with Gasteiger partial charge in [-0.1, -0.05) is 31.7 Å². The van der Waals surface area contributed by atoms with Crippen LogP contribution in [0.15, 0.2) is 29.4 Å². The number of unbranched alkanes of at least 4 members (excludes halogenated alkanes) is 1. The number of nitrogens with one attached hydrogen (secondary N) is 2. The van der Waals surface area contributed by atoms with Crippen LogP contribution in [0.5, 0.6) is 0 Å². The maximum absolute atomic E-state index is 6.10. The van der Waals surface area contributed by atoms with Gasteiger partial charge in [0.25, 0.3) is 0 Å². The molecule has 0 aromatic carbocycles. The molecule has 30 heavy (non-hydrogen) atoms. The maximum Gasteiger partial charge on any atom is 0.191 e. The van der Waals surface area contributed by atoms with Gasteiger partial charge >= 0.3 is 0 Å². The molecule has 1 aromatic heterocycles. The van der Waals surface area contributed by atoms with E-state index in [4.69, 9.17) is 9.73 Å². The smallest absolute Gasteiger partial charge is 0.191 e. The summed E-state index contributed by atoms with van der Waals surface area (Å²) in [7, 11) is 0. The molecule has 2 heterocycles. The predicted octanol–water partition coefficient (Wildman–Crippen LogP) is 4.13. The molecular formula is C24H41N5O. The van der Waals surface area contributed by atoms with Crippen molar-refractivity contribution in [3.8, 4) is 0 Å². The number of nitrogens with zero attached hydrogens (tertiary/aromatic N) is 3. The van der Waals surface area contributed by atoms with Crippen LogP contribution in [0.3, 0.4) is 0 Å². The van der Waals surface area contributed by atoms with Crippen molar-refractivity contribution in [1.82, 2.24) is 15.6 Å². The van der Waals surface area contributed by atoms with Gasteiger partial charge < -0.3 is 20.3 Å². The van der Waals surface area contributed by atoms with Gasteiger partial charge in [0.05, 0.1) is 6.10 Å². The quantitative estimate of drug-likeness (QED) is 0.275. The molecule has 168 valence electrons. The van der Waals surface area contributed by atoms with Crippen molar-refractivity contribution < 1.29 is 4.74 Å². The van der Waals surface area contributed by atoms with E-state index in [1.165, 1.54) is 38.5 Å². The van der Waals surface area contributed by atoms with E-state index in [0.717, 1.165) is 70.2 Å². The lowest BCUT2D eigenvalue weighted by atomic mass is 10.1. The molecule has 0 amide bonds. The molecule has 2 fully saturated rings. The summed E-state index contributed by atoms with van der Waals surface area (Å²) in [6.45, 7) is 6.83. The number of ether oxygens (including phenoxy) is 1. The zero-order valence-electron chi connectivity index (χ0n) is 18.8. The van der Waals surface area contributed by atoms with Gasteiger partial charge in [0.2, 0.25) is 0 Å². The average molecular weight is 416 g/mol. The van der Waals surface area contributed by atoms with Crippen LogP contribution in [0.4, 0.5) is 5.82 Å². The van der Waals surface area contributed by atoms with Gasteiger partial charge in [0, 0.05) is 45.0 Å². The van der Waals surface area contributed by atoms with Crippen LogP contribution in [0.2, 0.25) is 0 Å². The van der Waals surface area contributed by atoms with Crippen molar-refractivity contribution >= 4 is 11.8 Å². The van der Waals surface area contributed by atoms with Crippen LogP contribution in [0.1, 0.15) is 71.1 Å². The zero-order valence-corrected chi connectivity index (χ0v) is 18.8. The van der Waals surface area contributed by atoms with E-state index in [1.807, 2.05) is 12.3 Å². The van der Waals surface area contributed by atoms with Crippen molar-refractivity contribution in [3.63, 3.8) is 0 Å². The Balaban J connectivity index is 1.32. The molecule has 6 heteroatoms. The minimum Gasteiger partial charge on any atom is -0.378 e.